The molecule has 0 aliphatic carbocycles. The molecule has 1 aliphatic heterocycles. The van der Waals surface area contributed by atoms with Crippen molar-refractivity contribution < 1.29 is 29.0 Å². The van der Waals surface area contributed by atoms with E-state index in [2.05, 4.69) is 5.32 Å². The van der Waals surface area contributed by atoms with Crippen LogP contribution in [0.5, 0.6) is 11.5 Å². The van der Waals surface area contributed by atoms with Crippen LogP contribution in [-0.4, -0.2) is 74.4 Å². The number of aliphatic carboxylic acids is 1. The molecule has 10 nitrogen and oxygen atoms in total. The highest BCUT2D eigenvalue weighted by Crippen LogP contribution is 2.40. The number of carbonyl (C=O) groups is 3. The number of nitrogens with zero attached hydrogens (tertiary/aromatic N) is 2. The van der Waals surface area contributed by atoms with Gasteiger partial charge in [0, 0.05) is 44.4 Å². The zero-order valence-electron chi connectivity index (χ0n) is 23.0. The molecule has 10 heteroatoms. The Bertz CT molecular complexity index is 1280. The van der Waals surface area contributed by atoms with Crippen LogP contribution in [0.1, 0.15) is 65.1 Å². The number of Topliss-reactive ketones (excluding diaryl/α,β-unsaturated/α-hetero) is 1. The molecule has 0 saturated heterocycles. The Morgan fingerprint density at radius 1 is 1.13 bits per heavy atom. The van der Waals surface area contributed by atoms with Crippen molar-refractivity contribution in [3.8, 4) is 11.5 Å². The van der Waals surface area contributed by atoms with Crippen LogP contribution in [0.25, 0.3) is 0 Å². The van der Waals surface area contributed by atoms with Crippen molar-refractivity contribution in [2.24, 2.45) is 0 Å². The molecule has 38 heavy (non-hydrogen) atoms. The number of carboxylic acids is 1. The van der Waals surface area contributed by atoms with E-state index in [0.29, 0.717) is 52.6 Å². The summed E-state index contributed by atoms with van der Waals surface area (Å²) in [6.07, 6.45) is 0. The van der Waals surface area contributed by atoms with Gasteiger partial charge in [-0.3, -0.25) is 15.0 Å². The Morgan fingerprint density at radius 2 is 1.82 bits per heavy atom. The van der Waals surface area contributed by atoms with Crippen molar-refractivity contribution in [2.75, 3.05) is 45.8 Å². The molecule has 1 aliphatic rings. The standard InChI is InChI=1S/C28H36N4O6/c1-8-37-23-11-17-13-32(26(29)18(17)12-19(23)27(36)30-5)14-22(33)16-9-20(28(2,3)4)25(38-15-24(34)35)21(10-16)31(6)7/h9-12,29H,8,13-15H2,1-7H3,(H,30,36)(H,34,35). The first-order valence-electron chi connectivity index (χ1n) is 12.4. The van der Waals surface area contributed by atoms with E-state index in [1.54, 1.807) is 48.2 Å². The zero-order valence-corrected chi connectivity index (χ0v) is 23.0. The van der Waals surface area contributed by atoms with Gasteiger partial charge in [-0.05, 0) is 42.2 Å². The molecule has 0 radical (unpaired) electrons. The molecule has 204 valence electrons. The molecule has 0 fully saturated rings. The summed E-state index contributed by atoms with van der Waals surface area (Å²) in [5, 5.41) is 20.5. The highest BCUT2D eigenvalue weighted by molar-refractivity contribution is 6.08. The van der Waals surface area contributed by atoms with Crippen LogP contribution < -0.4 is 19.7 Å². The van der Waals surface area contributed by atoms with Gasteiger partial charge < -0.3 is 29.7 Å². The normalized spacial score (nSPS) is 12.7. The number of fused-ring (bicyclic) bond motifs is 1. The van der Waals surface area contributed by atoms with Gasteiger partial charge in [0.15, 0.2) is 12.4 Å². The van der Waals surface area contributed by atoms with Gasteiger partial charge in [-0.2, -0.15) is 0 Å². The van der Waals surface area contributed by atoms with E-state index in [1.807, 2.05) is 27.7 Å². The monoisotopic (exact) mass is 524 g/mol. The summed E-state index contributed by atoms with van der Waals surface area (Å²) >= 11 is 0. The molecular weight excluding hydrogens is 488 g/mol. The fraction of sp³-hybridized carbons (Fsp3) is 0.429. The lowest BCUT2D eigenvalue weighted by Crippen LogP contribution is -2.31. The Hall–Kier alpha value is -4.08. The van der Waals surface area contributed by atoms with E-state index >= 15 is 0 Å². The van der Waals surface area contributed by atoms with Crippen LogP contribution >= 0.6 is 0 Å². The number of amides is 1. The van der Waals surface area contributed by atoms with E-state index in [0.717, 1.165) is 5.56 Å². The van der Waals surface area contributed by atoms with Crippen molar-refractivity contribution in [3.63, 3.8) is 0 Å². The molecule has 2 aromatic rings. The van der Waals surface area contributed by atoms with Crippen molar-refractivity contribution in [2.45, 2.75) is 39.7 Å². The molecule has 0 spiro atoms. The SMILES string of the molecule is CCOc1cc2c(cc1C(=O)NC)C(=N)N(CC(=O)c1cc(N(C)C)c(OCC(=O)O)c(C(C)(C)C)c1)C2. The quantitative estimate of drug-likeness (QED) is 0.404. The number of hydrogen-bond donors (Lipinski definition) is 3. The smallest absolute Gasteiger partial charge is 0.341 e. The third kappa shape index (κ3) is 5.90. The first-order valence-corrected chi connectivity index (χ1v) is 12.4. The number of ether oxygens (including phenoxy) is 2. The summed E-state index contributed by atoms with van der Waals surface area (Å²) in [5.74, 6) is -0.574. The van der Waals surface area contributed by atoms with Crippen molar-refractivity contribution >= 4 is 29.2 Å². The molecule has 0 aromatic heterocycles. The predicted octanol–water partition coefficient (Wildman–Crippen LogP) is 3.30. The second kappa shape index (κ2) is 11.1. The van der Waals surface area contributed by atoms with Crippen LogP contribution in [-0.2, 0) is 16.8 Å². The number of anilines is 1. The fourth-order valence-corrected chi connectivity index (χ4v) is 4.36. The highest BCUT2D eigenvalue weighted by atomic mass is 16.5. The van der Waals surface area contributed by atoms with Crippen LogP contribution in [0.4, 0.5) is 5.69 Å². The summed E-state index contributed by atoms with van der Waals surface area (Å²) in [6, 6.07) is 6.84. The lowest BCUT2D eigenvalue weighted by Gasteiger charge is -2.28. The number of carbonyl (C=O) groups excluding carboxylic acids is 2. The minimum absolute atomic E-state index is 0.0431. The number of nitrogens with one attached hydrogen (secondary N) is 2. The van der Waals surface area contributed by atoms with Gasteiger partial charge in [0.1, 0.15) is 17.3 Å². The summed E-state index contributed by atoms with van der Waals surface area (Å²) in [7, 11) is 5.14. The first kappa shape index (κ1) is 28.5. The number of rotatable bonds is 10. The number of amidine groups is 1. The molecule has 0 bridgehead atoms. The van der Waals surface area contributed by atoms with Crippen LogP contribution in [0, 0.1) is 5.41 Å². The van der Waals surface area contributed by atoms with Crippen molar-refractivity contribution in [1.82, 2.24) is 10.2 Å². The third-order valence-corrected chi connectivity index (χ3v) is 6.27. The maximum atomic E-state index is 13.5. The maximum Gasteiger partial charge on any atom is 0.341 e. The zero-order chi connectivity index (χ0) is 28.4. The Morgan fingerprint density at radius 3 is 2.37 bits per heavy atom. The predicted molar refractivity (Wildman–Crippen MR) is 145 cm³/mol. The van der Waals surface area contributed by atoms with Gasteiger partial charge >= 0.3 is 5.97 Å². The lowest BCUT2D eigenvalue weighted by molar-refractivity contribution is -0.139. The summed E-state index contributed by atoms with van der Waals surface area (Å²) < 4.78 is 11.3. The lowest BCUT2D eigenvalue weighted by atomic mass is 9.84. The minimum Gasteiger partial charge on any atom is -0.493 e. The summed E-state index contributed by atoms with van der Waals surface area (Å²) in [5.41, 5.74) is 3.04. The highest BCUT2D eigenvalue weighted by Gasteiger charge is 2.31. The number of benzene rings is 2. The molecule has 3 N–H and O–H groups in total. The number of ketones is 1. The first-order chi connectivity index (χ1) is 17.8. The van der Waals surface area contributed by atoms with Gasteiger partial charge in [-0.1, -0.05) is 20.8 Å². The van der Waals surface area contributed by atoms with Gasteiger partial charge in [0.05, 0.1) is 24.4 Å². The Kier molecular flexibility index (Phi) is 8.34. The molecule has 0 atom stereocenters. The topological polar surface area (TPSA) is 132 Å². The molecule has 1 heterocycles. The molecule has 3 rings (SSSR count). The molecule has 1 amide bonds. The second-order valence-corrected chi connectivity index (χ2v) is 10.3. The van der Waals surface area contributed by atoms with Crippen molar-refractivity contribution in [3.05, 3.63) is 52.1 Å². The van der Waals surface area contributed by atoms with E-state index in [9.17, 15) is 14.4 Å². The molecule has 2 aromatic carbocycles. The molecular formula is C28H36N4O6. The minimum atomic E-state index is -1.09. The van der Waals surface area contributed by atoms with Crippen LogP contribution in [0.2, 0.25) is 0 Å². The maximum absolute atomic E-state index is 13.5. The van der Waals surface area contributed by atoms with Gasteiger partial charge in [0.25, 0.3) is 5.91 Å². The van der Waals surface area contributed by atoms with Crippen molar-refractivity contribution in [1.29, 1.82) is 5.41 Å². The molecule has 0 unspecified atom stereocenters. The van der Waals surface area contributed by atoms with Crippen LogP contribution in [0.3, 0.4) is 0 Å². The fourth-order valence-electron chi connectivity index (χ4n) is 4.36. The Balaban J connectivity index is 1.96. The third-order valence-electron chi connectivity index (χ3n) is 6.27. The van der Waals surface area contributed by atoms with E-state index in [-0.39, 0.29) is 24.1 Å². The van der Waals surface area contributed by atoms with Gasteiger partial charge in [0.2, 0.25) is 0 Å². The van der Waals surface area contributed by atoms with Crippen LogP contribution in [0.15, 0.2) is 24.3 Å². The Labute approximate surface area is 223 Å². The summed E-state index contributed by atoms with van der Waals surface area (Å²) in [6.45, 7) is 7.92. The van der Waals surface area contributed by atoms with E-state index in [1.165, 1.54) is 7.05 Å². The van der Waals surface area contributed by atoms with E-state index < -0.39 is 18.0 Å². The van der Waals surface area contributed by atoms with Gasteiger partial charge in [-0.25, -0.2) is 4.79 Å². The largest absolute Gasteiger partial charge is 0.493 e. The second-order valence-electron chi connectivity index (χ2n) is 10.3. The average molecular weight is 525 g/mol. The van der Waals surface area contributed by atoms with E-state index in [4.69, 9.17) is 20.0 Å². The number of carboxylic acid groups (broad SMARTS) is 1. The summed E-state index contributed by atoms with van der Waals surface area (Å²) in [4.78, 5) is 40.6. The number of hydrogen-bond acceptors (Lipinski definition) is 7. The van der Waals surface area contributed by atoms with Gasteiger partial charge in [-0.15, -0.1) is 0 Å². The average Bonchev–Trinajstić information content (AvgIpc) is 3.14. The molecule has 0 saturated carbocycles.